The van der Waals surface area contributed by atoms with E-state index >= 15 is 0 Å². The molecule has 3 aromatic rings. The number of hydrogen-bond donors (Lipinski definition) is 1. The molecule has 1 atom stereocenters. The average Bonchev–Trinajstić information content (AvgIpc) is 3.36. The SMILES string of the molecule is COc1ccccc1N1C(=O)c2cc(-c3cccs3)nn2C[C@]1(C)C(=O)NC(C)(C)C. The van der Waals surface area contributed by atoms with Gasteiger partial charge in [0.2, 0.25) is 5.91 Å². The number of amides is 2. The van der Waals surface area contributed by atoms with Crippen molar-refractivity contribution in [3.05, 3.63) is 53.5 Å². The van der Waals surface area contributed by atoms with Crippen LogP contribution in [0.2, 0.25) is 0 Å². The number of hydrogen-bond acceptors (Lipinski definition) is 5. The number of methoxy groups -OCH3 is 1. The minimum atomic E-state index is -1.20. The molecular formula is C23H26N4O3S. The molecule has 8 heteroatoms. The zero-order chi connectivity index (χ0) is 22.4. The first-order valence-corrected chi connectivity index (χ1v) is 10.9. The molecule has 1 aliphatic rings. The average molecular weight is 439 g/mol. The molecule has 0 aliphatic carbocycles. The number of rotatable bonds is 4. The molecular weight excluding hydrogens is 412 g/mol. The standard InChI is InChI=1S/C23H26N4O3S/c1-22(2,3)24-21(29)23(4)14-26-17(13-15(25-26)19-11-8-12-31-19)20(28)27(23)16-9-6-7-10-18(16)30-5/h6-13H,14H2,1-5H3,(H,24,29)/t23-/m1/s1. The molecule has 2 aromatic heterocycles. The molecule has 4 rings (SSSR count). The van der Waals surface area contributed by atoms with E-state index in [4.69, 9.17) is 4.74 Å². The zero-order valence-electron chi connectivity index (χ0n) is 18.3. The monoisotopic (exact) mass is 438 g/mol. The van der Waals surface area contributed by atoms with Crippen molar-refractivity contribution in [2.75, 3.05) is 12.0 Å². The van der Waals surface area contributed by atoms with Gasteiger partial charge in [-0.3, -0.25) is 19.2 Å². The van der Waals surface area contributed by atoms with Gasteiger partial charge in [0, 0.05) is 5.54 Å². The third-order valence-corrected chi connectivity index (χ3v) is 6.12. The molecule has 0 saturated carbocycles. The van der Waals surface area contributed by atoms with Crippen LogP contribution in [0, 0.1) is 0 Å². The van der Waals surface area contributed by atoms with Crippen molar-refractivity contribution in [3.8, 4) is 16.3 Å². The second-order valence-electron chi connectivity index (χ2n) is 8.84. The smallest absolute Gasteiger partial charge is 0.277 e. The molecule has 2 amide bonds. The predicted molar refractivity (Wildman–Crippen MR) is 122 cm³/mol. The van der Waals surface area contributed by atoms with Crippen molar-refractivity contribution >= 4 is 28.8 Å². The Balaban J connectivity index is 1.87. The van der Waals surface area contributed by atoms with E-state index < -0.39 is 11.1 Å². The molecule has 3 heterocycles. The van der Waals surface area contributed by atoms with Gasteiger partial charge in [-0.15, -0.1) is 11.3 Å². The molecule has 0 spiro atoms. The molecule has 1 aliphatic heterocycles. The van der Waals surface area contributed by atoms with Crippen LogP contribution >= 0.6 is 11.3 Å². The van der Waals surface area contributed by atoms with Gasteiger partial charge in [0.05, 0.1) is 24.2 Å². The summed E-state index contributed by atoms with van der Waals surface area (Å²) < 4.78 is 7.17. The fraction of sp³-hybridized carbons (Fsp3) is 0.348. The molecule has 0 radical (unpaired) electrons. The summed E-state index contributed by atoms with van der Waals surface area (Å²) in [5, 5.41) is 9.67. The number of nitrogens with one attached hydrogen (secondary N) is 1. The summed E-state index contributed by atoms with van der Waals surface area (Å²) in [7, 11) is 1.55. The summed E-state index contributed by atoms with van der Waals surface area (Å²) in [6.07, 6.45) is 0. The molecule has 1 aromatic carbocycles. The van der Waals surface area contributed by atoms with Gasteiger partial charge in [-0.25, -0.2) is 0 Å². The number of benzene rings is 1. The fourth-order valence-corrected chi connectivity index (χ4v) is 4.47. The number of aromatic nitrogens is 2. The number of carbonyl (C=O) groups excluding carboxylic acids is 2. The largest absolute Gasteiger partial charge is 0.495 e. The fourth-order valence-electron chi connectivity index (χ4n) is 3.79. The predicted octanol–water partition coefficient (Wildman–Crippen LogP) is 3.95. The molecule has 31 heavy (non-hydrogen) atoms. The Bertz CT molecular complexity index is 1130. The number of thiophene rings is 1. The lowest BCUT2D eigenvalue weighted by Gasteiger charge is -2.44. The van der Waals surface area contributed by atoms with Crippen molar-refractivity contribution in [2.24, 2.45) is 0 Å². The summed E-state index contributed by atoms with van der Waals surface area (Å²) in [5.74, 6) is -0.0206. The first-order chi connectivity index (χ1) is 14.6. The van der Waals surface area contributed by atoms with Gasteiger partial charge in [0.15, 0.2) is 0 Å². The van der Waals surface area contributed by atoms with Gasteiger partial charge in [-0.05, 0) is 57.3 Å². The Kier molecular flexibility index (Phi) is 5.13. The van der Waals surface area contributed by atoms with Crippen molar-refractivity contribution in [1.82, 2.24) is 15.1 Å². The first kappa shape index (κ1) is 21.1. The van der Waals surface area contributed by atoms with Crippen LogP contribution in [0.4, 0.5) is 5.69 Å². The van der Waals surface area contributed by atoms with Gasteiger partial charge < -0.3 is 10.1 Å². The Labute approximate surface area is 185 Å². The van der Waals surface area contributed by atoms with E-state index in [9.17, 15) is 9.59 Å². The molecule has 7 nitrogen and oxygen atoms in total. The van der Waals surface area contributed by atoms with Crippen LogP contribution in [-0.2, 0) is 11.3 Å². The summed E-state index contributed by atoms with van der Waals surface area (Å²) >= 11 is 1.56. The zero-order valence-corrected chi connectivity index (χ0v) is 19.1. The van der Waals surface area contributed by atoms with Gasteiger partial charge in [-0.2, -0.15) is 5.10 Å². The molecule has 0 saturated heterocycles. The van der Waals surface area contributed by atoms with Crippen LogP contribution in [0.25, 0.3) is 10.6 Å². The van der Waals surface area contributed by atoms with E-state index in [1.165, 1.54) is 0 Å². The highest BCUT2D eigenvalue weighted by atomic mass is 32.1. The Hall–Kier alpha value is -3.13. The summed E-state index contributed by atoms with van der Waals surface area (Å²) in [5.41, 5.74) is 0.0492. The van der Waals surface area contributed by atoms with Crippen molar-refractivity contribution in [2.45, 2.75) is 45.3 Å². The van der Waals surface area contributed by atoms with E-state index in [-0.39, 0.29) is 18.4 Å². The molecule has 162 valence electrons. The van der Waals surface area contributed by atoms with Crippen LogP contribution in [0.15, 0.2) is 47.8 Å². The maximum absolute atomic E-state index is 13.8. The maximum atomic E-state index is 13.8. The van der Waals surface area contributed by atoms with Gasteiger partial charge in [-0.1, -0.05) is 18.2 Å². The van der Waals surface area contributed by atoms with Gasteiger partial charge >= 0.3 is 0 Å². The van der Waals surface area contributed by atoms with Gasteiger partial charge in [0.25, 0.3) is 5.91 Å². The lowest BCUT2D eigenvalue weighted by atomic mass is 9.92. The van der Waals surface area contributed by atoms with E-state index in [2.05, 4.69) is 10.4 Å². The quantitative estimate of drug-likeness (QED) is 0.669. The van der Waals surface area contributed by atoms with Crippen LogP contribution in [0.1, 0.15) is 38.2 Å². The number of carbonyl (C=O) groups is 2. The second kappa shape index (κ2) is 7.53. The highest BCUT2D eigenvalue weighted by Crippen LogP contribution is 2.39. The normalized spacial score (nSPS) is 18.6. The van der Waals surface area contributed by atoms with Crippen molar-refractivity contribution in [3.63, 3.8) is 0 Å². The molecule has 0 bridgehead atoms. The van der Waals surface area contributed by atoms with Crippen LogP contribution in [0.3, 0.4) is 0 Å². The van der Waals surface area contributed by atoms with E-state index in [1.54, 1.807) is 53.2 Å². The van der Waals surface area contributed by atoms with E-state index in [1.807, 2.05) is 50.4 Å². The van der Waals surface area contributed by atoms with Crippen LogP contribution in [-0.4, -0.2) is 39.8 Å². The molecule has 0 unspecified atom stereocenters. The third-order valence-electron chi connectivity index (χ3n) is 5.23. The molecule has 0 fully saturated rings. The molecule has 1 N–H and O–H groups in total. The van der Waals surface area contributed by atoms with Crippen LogP contribution < -0.4 is 15.0 Å². The van der Waals surface area contributed by atoms with E-state index in [0.29, 0.717) is 17.1 Å². The van der Waals surface area contributed by atoms with E-state index in [0.717, 1.165) is 10.6 Å². The van der Waals surface area contributed by atoms with Crippen molar-refractivity contribution < 1.29 is 14.3 Å². The summed E-state index contributed by atoms with van der Waals surface area (Å²) in [6.45, 7) is 7.75. The number of nitrogens with zero attached hydrogens (tertiary/aromatic N) is 3. The van der Waals surface area contributed by atoms with Crippen molar-refractivity contribution in [1.29, 1.82) is 0 Å². The Morgan fingerprint density at radius 3 is 2.61 bits per heavy atom. The minimum absolute atomic E-state index is 0.222. The first-order valence-electron chi connectivity index (χ1n) is 10.1. The van der Waals surface area contributed by atoms with Gasteiger partial charge in [0.1, 0.15) is 22.7 Å². The summed E-state index contributed by atoms with van der Waals surface area (Å²) in [4.78, 5) is 29.8. The highest BCUT2D eigenvalue weighted by Gasteiger charge is 2.50. The lowest BCUT2D eigenvalue weighted by molar-refractivity contribution is -0.128. The second-order valence-corrected chi connectivity index (χ2v) is 9.79. The number of anilines is 1. The third kappa shape index (κ3) is 3.72. The maximum Gasteiger partial charge on any atom is 0.277 e. The van der Waals surface area contributed by atoms with Crippen LogP contribution in [0.5, 0.6) is 5.75 Å². The Morgan fingerprint density at radius 2 is 1.97 bits per heavy atom. The number of para-hydroxylation sites is 2. The number of ether oxygens (including phenoxy) is 1. The lowest BCUT2D eigenvalue weighted by Crippen LogP contribution is -2.66. The minimum Gasteiger partial charge on any atom is -0.495 e. The topological polar surface area (TPSA) is 76.5 Å². The highest BCUT2D eigenvalue weighted by molar-refractivity contribution is 7.13. The number of fused-ring (bicyclic) bond motifs is 1. The summed E-state index contributed by atoms with van der Waals surface area (Å²) in [6, 6.07) is 12.9. The Morgan fingerprint density at radius 1 is 1.23 bits per heavy atom.